The van der Waals surface area contributed by atoms with Gasteiger partial charge in [-0.05, 0) is 30.2 Å². The fourth-order valence-electron chi connectivity index (χ4n) is 1.42. The Hall–Kier alpha value is -1.73. The molecule has 0 amide bonds. The first-order valence-electron chi connectivity index (χ1n) is 6.18. The van der Waals surface area contributed by atoms with Gasteiger partial charge in [-0.15, -0.1) is 18.2 Å². The highest BCUT2D eigenvalue weighted by atomic mass is 35.5. The second kappa shape index (κ2) is 9.23. The van der Waals surface area contributed by atoms with Crippen molar-refractivity contribution in [2.75, 3.05) is 0 Å². The number of benzene rings is 2. The van der Waals surface area contributed by atoms with Crippen molar-refractivity contribution in [2.45, 2.75) is 19.4 Å². The Bertz CT molecular complexity index is 462. The van der Waals surface area contributed by atoms with Crippen LogP contribution < -0.4 is 4.74 Å². The van der Waals surface area contributed by atoms with Gasteiger partial charge in [-0.1, -0.05) is 48.5 Å². The minimum absolute atomic E-state index is 0.541. The van der Waals surface area contributed by atoms with E-state index in [1.165, 1.54) is 5.56 Å². The predicted octanol–water partition coefficient (Wildman–Crippen LogP) is 5.20. The number of ether oxygens (including phenoxy) is 1. The average Bonchev–Trinajstić information content (AvgIpc) is 2.47. The summed E-state index contributed by atoms with van der Waals surface area (Å²) in [6.07, 6.45) is 1.75. The summed E-state index contributed by atoms with van der Waals surface area (Å²) in [5.74, 6) is 1.41. The number of hydrogen-bond acceptors (Lipinski definition) is 1. The van der Waals surface area contributed by atoms with E-state index >= 15 is 0 Å². The lowest BCUT2D eigenvalue weighted by Crippen LogP contribution is -1.94. The fourth-order valence-corrected chi connectivity index (χ4v) is 1.59. The van der Waals surface area contributed by atoms with Crippen LogP contribution in [0.5, 0.6) is 5.75 Å². The lowest BCUT2D eigenvalue weighted by Gasteiger charge is -2.06. The van der Waals surface area contributed by atoms with Crippen LogP contribution in [-0.4, -0.2) is 0 Å². The van der Waals surface area contributed by atoms with E-state index in [1.807, 2.05) is 61.5 Å². The fraction of sp³-hybridized carbons (Fsp3) is 0.176. The van der Waals surface area contributed by atoms with E-state index in [-0.39, 0.29) is 0 Å². The van der Waals surface area contributed by atoms with Crippen LogP contribution in [0.1, 0.15) is 18.1 Å². The van der Waals surface area contributed by atoms with Crippen molar-refractivity contribution in [1.29, 1.82) is 0 Å². The van der Waals surface area contributed by atoms with Crippen molar-refractivity contribution in [3.05, 3.63) is 78.4 Å². The third kappa shape index (κ3) is 6.12. The van der Waals surface area contributed by atoms with Gasteiger partial charge in [-0.3, -0.25) is 0 Å². The first-order valence-corrected chi connectivity index (χ1v) is 6.72. The summed E-state index contributed by atoms with van der Waals surface area (Å²) < 4.78 is 5.65. The highest BCUT2D eigenvalue weighted by Gasteiger charge is 1.95. The summed E-state index contributed by atoms with van der Waals surface area (Å²) in [6.45, 7) is 5.85. The van der Waals surface area contributed by atoms with Crippen molar-refractivity contribution in [3.63, 3.8) is 0 Å². The summed E-state index contributed by atoms with van der Waals surface area (Å²) in [4.78, 5) is 0. The molecule has 0 aliphatic rings. The zero-order chi connectivity index (χ0) is 13.9. The van der Waals surface area contributed by atoms with Gasteiger partial charge in [-0.25, -0.2) is 0 Å². The van der Waals surface area contributed by atoms with Gasteiger partial charge in [0.05, 0.1) is 0 Å². The summed E-state index contributed by atoms with van der Waals surface area (Å²) in [7, 11) is 0. The van der Waals surface area contributed by atoms with E-state index in [4.69, 9.17) is 16.3 Å². The molecule has 0 spiro atoms. The molecule has 2 rings (SSSR count). The molecule has 2 aromatic rings. The van der Waals surface area contributed by atoms with Crippen molar-refractivity contribution in [2.24, 2.45) is 0 Å². The molecule has 1 nitrogen and oxygen atoms in total. The van der Waals surface area contributed by atoms with Crippen molar-refractivity contribution >= 4 is 11.6 Å². The van der Waals surface area contributed by atoms with Crippen molar-refractivity contribution in [3.8, 4) is 5.75 Å². The first-order chi connectivity index (χ1) is 9.30. The predicted molar refractivity (Wildman–Crippen MR) is 82.6 cm³/mol. The minimum Gasteiger partial charge on any atom is -0.489 e. The number of halogens is 1. The molecule has 2 aromatic carbocycles. The normalized spacial score (nSPS) is 9.16. The summed E-state index contributed by atoms with van der Waals surface area (Å²) in [6, 6.07) is 18.0. The molecule has 0 heterocycles. The standard InChI is InChI=1S/C14H13ClO.C3H6/c15-10-12-6-8-14(9-7-12)16-11-13-4-2-1-3-5-13;1-3-2/h1-9H,10-11H2;3H,1H2,2H3. The maximum atomic E-state index is 5.71. The van der Waals surface area contributed by atoms with E-state index in [2.05, 4.69) is 6.58 Å². The molecule has 0 saturated carbocycles. The monoisotopic (exact) mass is 274 g/mol. The summed E-state index contributed by atoms with van der Waals surface area (Å²) in [5, 5.41) is 0. The molecule has 0 radical (unpaired) electrons. The van der Waals surface area contributed by atoms with Crippen LogP contribution in [0, 0.1) is 0 Å². The maximum Gasteiger partial charge on any atom is 0.119 e. The summed E-state index contributed by atoms with van der Waals surface area (Å²) in [5.41, 5.74) is 2.28. The van der Waals surface area contributed by atoms with Crippen LogP contribution in [0.2, 0.25) is 0 Å². The van der Waals surface area contributed by atoms with Gasteiger partial charge < -0.3 is 4.74 Å². The molecule has 100 valence electrons. The Morgan fingerprint density at radius 3 is 2.11 bits per heavy atom. The van der Waals surface area contributed by atoms with Crippen LogP contribution in [0.3, 0.4) is 0 Å². The smallest absolute Gasteiger partial charge is 0.119 e. The Morgan fingerprint density at radius 2 is 1.58 bits per heavy atom. The van der Waals surface area contributed by atoms with Crippen LogP contribution >= 0.6 is 11.6 Å². The molecule has 19 heavy (non-hydrogen) atoms. The topological polar surface area (TPSA) is 9.23 Å². The molecule has 0 unspecified atom stereocenters. The van der Waals surface area contributed by atoms with E-state index in [0.717, 1.165) is 11.3 Å². The Labute approximate surface area is 120 Å². The quantitative estimate of drug-likeness (QED) is 0.550. The van der Waals surface area contributed by atoms with Crippen LogP contribution in [0.25, 0.3) is 0 Å². The van der Waals surface area contributed by atoms with Gasteiger partial charge in [0.1, 0.15) is 12.4 Å². The molecular formula is C17H19ClO. The van der Waals surface area contributed by atoms with Gasteiger partial charge >= 0.3 is 0 Å². The van der Waals surface area contributed by atoms with E-state index in [1.54, 1.807) is 6.08 Å². The Balaban J connectivity index is 0.000000550. The van der Waals surface area contributed by atoms with E-state index < -0.39 is 0 Å². The van der Waals surface area contributed by atoms with Crippen LogP contribution in [-0.2, 0) is 12.5 Å². The average molecular weight is 275 g/mol. The second-order valence-corrected chi connectivity index (χ2v) is 4.23. The number of allylic oxidation sites excluding steroid dienone is 1. The van der Waals surface area contributed by atoms with Crippen LogP contribution in [0.4, 0.5) is 0 Å². The third-order valence-electron chi connectivity index (χ3n) is 2.33. The largest absolute Gasteiger partial charge is 0.489 e. The Kier molecular flexibility index (Phi) is 7.45. The number of hydrogen-bond donors (Lipinski definition) is 0. The maximum absolute atomic E-state index is 5.71. The van der Waals surface area contributed by atoms with Gasteiger partial charge in [0.2, 0.25) is 0 Å². The lowest BCUT2D eigenvalue weighted by molar-refractivity contribution is 0.306. The second-order valence-electron chi connectivity index (χ2n) is 3.96. The van der Waals surface area contributed by atoms with Gasteiger partial charge in [0.25, 0.3) is 0 Å². The molecule has 0 aromatic heterocycles. The lowest BCUT2D eigenvalue weighted by atomic mass is 10.2. The molecule has 0 saturated heterocycles. The number of rotatable bonds is 4. The first kappa shape index (κ1) is 15.3. The molecule has 0 aliphatic heterocycles. The molecule has 0 atom stereocenters. The van der Waals surface area contributed by atoms with Gasteiger partial charge in [0, 0.05) is 5.88 Å². The minimum atomic E-state index is 0.541. The van der Waals surface area contributed by atoms with E-state index in [9.17, 15) is 0 Å². The molecule has 0 aliphatic carbocycles. The van der Waals surface area contributed by atoms with Gasteiger partial charge in [0.15, 0.2) is 0 Å². The number of alkyl halides is 1. The molecular weight excluding hydrogens is 256 g/mol. The zero-order valence-corrected chi connectivity index (χ0v) is 11.9. The molecule has 2 heteroatoms. The van der Waals surface area contributed by atoms with Crippen LogP contribution in [0.15, 0.2) is 67.3 Å². The summed E-state index contributed by atoms with van der Waals surface area (Å²) >= 11 is 5.71. The molecule has 0 N–H and O–H groups in total. The SMILES string of the molecule is C=CC.ClCc1ccc(OCc2ccccc2)cc1. The molecule has 0 bridgehead atoms. The zero-order valence-electron chi connectivity index (χ0n) is 11.2. The van der Waals surface area contributed by atoms with E-state index in [0.29, 0.717) is 12.5 Å². The third-order valence-corrected chi connectivity index (χ3v) is 2.63. The highest BCUT2D eigenvalue weighted by Crippen LogP contribution is 2.15. The Morgan fingerprint density at radius 1 is 1.00 bits per heavy atom. The van der Waals surface area contributed by atoms with Crippen molar-refractivity contribution < 1.29 is 4.74 Å². The highest BCUT2D eigenvalue weighted by molar-refractivity contribution is 6.17. The van der Waals surface area contributed by atoms with Gasteiger partial charge in [-0.2, -0.15) is 0 Å². The molecule has 0 fully saturated rings. The van der Waals surface area contributed by atoms with Crippen molar-refractivity contribution in [1.82, 2.24) is 0 Å².